The molecule has 0 radical (unpaired) electrons. The highest BCUT2D eigenvalue weighted by atomic mass is 32.1. The van der Waals surface area contributed by atoms with E-state index in [9.17, 15) is 9.90 Å². The van der Waals surface area contributed by atoms with Crippen molar-refractivity contribution in [1.82, 2.24) is 19.9 Å². The number of nitrogens with one attached hydrogen (secondary N) is 1. The van der Waals surface area contributed by atoms with Crippen molar-refractivity contribution < 1.29 is 9.90 Å². The van der Waals surface area contributed by atoms with Crippen molar-refractivity contribution in [2.45, 2.75) is 59.0 Å². The van der Waals surface area contributed by atoms with Gasteiger partial charge in [-0.2, -0.15) is 0 Å². The number of nitrogens with zero attached hydrogens (tertiary/aromatic N) is 4. The molecule has 0 aliphatic heterocycles. The van der Waals surface area contributed by atoms with Crippen LogP contribution in [-0.2, 0) is 6.54 Å². The number of nitrogens with two attached hydrogens (primary N) is 1. The van der Waals surface area contributed by atoms with E-state index in [0.717, 1.165) is 33.9 Å². The first kappa shape index (κ1) is 23.5. The lowest BCUT2D eigenvalue weighted by molar-refractivity contribution is 0.0955. The molecule has 1 unspecified atom stereocenters. The van der Waals surface area contributed by atoms with Crippen LogP contribution in [0.4, 0.5) is 21.6 Å². The first-order chi connectivity index (χ1) is 15.1. The quantitative estimate of drug-likeness (QED) is 0.418. The van der Waals surface area contributed by atoms with E-state index in [1.807, 2.05) is 51.1 Å². The summed E-state index contributed by atoms with van der Waals surface area (Å²) in [5, 5.41) is 13.2. The molecular weight excluding hydrogens is 424 g/mol. The molecule has 0 spiro atoms. The fraction of sp³-hybridized carbons (Fsp3) is 0.391. The van der Waals surface area contributed by atoms with Gasteiger partial charge >= 0.3 is 6.09 Å². The number of aromatic nitrogens is 3. The first-order valence-electron chi connectivity index (χ1n) is 10.5. The topological polar surface area (TPSA) is 117 Å². The lowest BCUT2D eigenvalue weighted by atomic mass is 10.0. The number of benzene rings is 1. The van der Waals surface area contributed by atoms with E-state index in [2.05, 4.69) is 34.1 Å². The van der Waals surface area contributed by atoms with Crippen LogP contribution in [0.3, 0.4) is 0 Å². The summed E-state index contributed by atoms with van der Waals surface area (Å²) in [7, 11) is 0. The molecule has 170 valence electrons. The third kappa shape index (κ3) is 5.53. The molecule has 8 nitrogen and oxygen atoms in total. The van der Waals surface area contributed by atoms with Gasteiger partial charge in [0.25, 0.3) is 0 Å². The molecule has 32 heavy (non-hydrogen) atoms. The molecule has 2 heterocycles. The smallest absolute Gasteiger partial charge is 0.408 e. The van der Waals surface area contributed by atoms with E-state index in [4.69, 9.17) is 5.73 Å². The van der Waals surface area contributed by atoms with Crippen molar-refractivity contribution in [1.29, 1.82) is 0 Å². The Labute approximate surface area is 192 Å². The molecule has 2 aromatic heterocycles. The van der Waals surface area contributed by atoms with Gasteiger partial charge in [-0.25, -0.2) is 19.7 Å². The molecule has 1 atom stereocenters. The van der Waals surface area contributed by atoms with Gasteiger partial charge in [0.05, 0.1) is 16.3 Å². The summed E-state index contributed by atoms with van der Waals surface area (Å²) in [5.41, 5.74) is 8.96. The summed E-state index contributed by atoms with van der Waals surface area (Å²) < 4.78 is 0. The van der Waals surface area contributed by atoms with Gasteiger partial charge in [-0.15, -0.1) is 0 Å². The second kappa shape index (κ2) is 9.52. The highest BCUT2D eigenvalue weighted by Gasteiger charge is 2.26. The number of rotatable bonds is 7. The number of carboxylic acid groups (broad SMARTS) is 1. The summed E-state index contributed by atoms with van der Waals surface area (Å²) in [4.78, 5) is 27.5. The Kier molecular flexibility index (Phi) is 6.98. The van der Waals surface area contributed by atoms with Gasteiger partial charge in [0.2, 0.25) is 5.95 Å². The Morgan fingerprint density at radius 3 is 2.50 bits per heavy atom. The Hall–Kier alpha value is -3.20. The van der Waals surface area contributed by atoms with E-state index in [1.165, 1.54) is 16.2 Å². The van der Waals surface area contributed by atoms with Crippen LogP contribution in [-0.4, -0.2) is 36.6 Å². The van der Waals surface area contributed by atoms with Crippen molar-refractivity contribution in [3.05, 3.63) is 47.8 Å². The minimum atomic E-state index is -0.939. The molecule has 4 N–H and O–H groups in total. The maximum Gasteiger partial charge on any atom is 0.408 e. The molecule has 1 amide bonds. The number of thiazole rings is 1. The van der Waals surface area contributed by atoms with Crippen LogP contribution >= 0.6 is 11.3 Å². The lowest BCUT2D eigenvalue weighted by Crippen LogP contribution is -2.44. The van der Waals surface area contributed by atoms with Crippen molar-refractivity contribution in [2.75, 3.05) is 11.1 Å². The van der Waals surface area contributed by atoms with Crippen LogP contribution < -0.4 is 11.1 Å². The van der Waals surface area contributed by atoms with Crippen LogP contribution in [0, 0.1) is 0 Å². The summed E-state index contributed by atoms with van der Waals surface area (Å²) >= 11 is 1.43. The average Bonchev–Trinajstić information content (AvgIpc) is 3.13. The number of carbonyl (C=O) groups is 1. The van der Waals surface area contributed by atoms with Gasteiger partial charge < -0.3 is 16.2 Å². The third-order valence-corrected chi connectivity index (χ3v) is 6.15. The second-order valence-electron chi connectivity index (χ2n) is 8.70. The predicted molar refractivity (Wildman–Crippen MR) is 129 cm³/mol. The van der Waals surface area contributed by atoms with Crippen molar-refractivity contribution in [2.24, 2.45) is 0 Å². The number of hydrogen-bond donors (Lipinski definition) is 3. The van der Waals surface area contributed by atoms with Crippen LogP contribution in [0.5, 0.6) is 0 Å². The predicted octanol–water partition coefficient (Wildman–Crippen LogP) is 5.72. The fourth-order valence-corrected chi connectivity index (χ4v) is 4.13. The summed E-state index contributed by atoms with van der Waals surface area (Å²) in [5.74, 6) is 0.759. The summed E-state index contributed by atoms with van der Waals surface area (Å²) in [6.07, 6.45) is 1.74. The second-order valence-corrected chi connectivity index (χ2v) is 9.73. The molecule has 1 aromatic carbocycles. The number of amides is 1. The maximum atomic E-state index is 11.6. The molecule has 0 aliphatic carbocycles. The van der Waals surface area contributed by atoms with Crippen LogP contribution in [0.2, 0.25) is 0 Å². The van der Waals surface area contributed by atoms with Gasteiger partial charge in [0, 0.05) is 24.0 Å². The number of anilines is 3. The molecule has 3 rings (SSSR count). The maximum absolute atomic E-state index is 11.6. The van der Waals surface area contributed by atoms with E-state index >= 15 is 0 Å². The van der Waals surface area contributed by atoms with E-state index in [-0.39, 0.29) is 5.92 Å². The van der Waals surface area contributed by atoms with Crippen molar-refractivity contribution in [3.8, 4) is 10.6 Å². The third-order valence-electron chi connectivity index (χ3n) is 5.23. The van der Waals surface area contributed by atoms with E-state index in [0.29, 0.717) is 17.6 Å². The highest BCUT2D eigenvalue weighted by molar-refractivity contribution is 7.18. The van der Waals surface area contributed by atoms with E-state index < -0.39 is 11.6 Å². The Bertz CT molecular complexity index is 1070. The monoisotopic (exact) mass is 454 g/mol. The van der Waals surface area contributed by atoms with Crippen LogP contribution in [0.25, 0.3) is 10.6 Å². The molecule has 0 saturated carbocycles. The first-order valence-corrected chi connectivity index (χ1v) is 11.4. The largest absolute Gasteiger partial charge is 0.465 e. The zero-order chi connectivity index (χ0) is 23.5. The van der Waals surface area contributed by atoms with Crippen LogP contribution in [0.1, 0.15) is 58.2 Å². The molecule has 0 saturated heterocycles. The highest BCUT2D eigenvalue weighted by Crippen LogP contribution is 2.36. The van der Waals surface area contributed by atoms with Crippen molar-refractivity contribution >= 4 is 34.2 Å². The van der Waals surface area contributed by atoms with Gasteiger partial charge in [0.15, 0.2) is 5.13 Å². The average molecular weight is 455 g/mol. The zero-order valence-electron chi connectivity index (χ0n) is 19.1. The summed E-state index contributed by atoms with van der Waals surface area (Å²) in [6, 6.07) is 9.45. The molecule has 3 aromatic rings. The zero-order valence-corrected chi connectivity index (χ0v) is 19.9. The molecule has 0 aliphatic rings. The Morgan fingerprint density at radius 2 is 1.91 bits per heavy atom. The SMILES string of the molecule is CCC(C)c1nc(N)sc1-c1ccnc(Nc2ccc(CN(C(=O)O)C(C)(C)C)cc2)n1. The van der Waals surface area contributed by atoms with Gasteiger partial charge in [-0.1, -0.05) is 37.3 Å². The summed E-state index contributed by atoms with van der Waals surface area (Å²) in [6.45, 7) is 10.2. The Balaban J connectivity index is 1.78. The van der Waals surface area contributed by atoms with Gasteiger partial charge in [-0.3, -0.25) is 4.90 Å². The normalized spacial score (nSPS) is 12.4. The minimum Gasteiger partial charge on any atom is -0.465 e. The van der Waals surface area contributed by atoms with Gasteiger partial charge in [0.1, 0.15) is 0 Å². The lowest BCUT2D eigenvalue weighted by Gasteiger charge is -2.33. The standard InChI is InChI=1S/C23H30N6O2S/c1-6-14(2)18-19(32-20(24)28-18)17-11-12-25-21(27-17)26-16-9-7-15(8-10-16)13-29(22(30)31)23(3,4)5/h7-12,14H,6,13H2,1-5H3,(H2,24,28)(H,30,31)(H,25,26,27). The van der Waals surface area contributed by atoms with Crippen molar-refractivity contribution in [3.63, 3.8) is 0 Å². The van der Waals surface area contributed by atoms with Gasteiger partial charge in [-0.05, 0) is 56.9 Å². The Morgan fingerprint density at radius 1 is 1.22 bits per heavy atom. The fourth-order valence-electron chi connectivity index (χ4n) is 3.20. The number of hydrogen-bond acceptors (Lipinski definition) is 7. The number of nitrogen functional groups attached to an aromatic ring is 1. The molecule has 0 bridgehead atoms. The molecular formula is C23H30N6O2S. The van der Waals surface area contributed by atoms with E-state index in [1.54, 1.807) is 6.20 Å². The van der Waals surface area contributed by atoms with Crippen LogP contribution in [0.15, 0.2) is 36.5 Å². The minimum absolute atomic E-state index is 0.288. The molecule has 9 heteroatoms. The molecule has 0 fully saturated rings.